The molecule has 0 radical (unpaired) electrons. The molecule has 0 N–H and O–H groups in total. The van der Waals surface area contributed by atoms with E-state index in [1.165, 1.54) is 0 Å². The van der Waals surface area contributed by atoms with Gasteiger partial charge in [-0.2, -0.15) is 0 Å². The van der Waals surface area contributed by atoms with Crippen molar-refractivity contribution in [2.24, 2.45) is 22.2 Å². The van der Waals surface area contributed by atoms with Gasteiger partial charge in [-0.3, -0.25) is 9.59 Å². The third-order valence-electron chi connectivity index (χ3n) is 5.57. The van der Waals surface area contributed by atoms with Crippen molar-refractivity contribution in [3.05, 3.63) is 0 Å². The van der Waals surface area contributed by atoms with E-state index in [2.05, 4.69) is 0 Å². The van der Waals surface area contributed by atoms with Gasteiger partial charge in [-0.15, -0.1) is 0 Å². The van der Waals surface area contributed by atoms with Crippen molar-refractivity contribution in [1.29, 1.82) is 0 Å². The fourth-order valence-electron chi connectivity index (χ4n) is 4.16. The standard InChI is InChI=1S/C19H33NO2/c1-17(2,3)15(21)14-7-8-19(13-14)9-11-20(12-10-19)16(22)18(4,5)6/h14H,7-13H2,1-6H3. The predicted octanol–water partition coefficient (Wildman–Crippen LogP) is 4.06. The van der Waals surface area contributed by atoms with Gasteiger partial charge in [0.05, 0.1) is 0 Å². The molecule has 1 saturated carbocycles. The first-order chi connectivity index (χ1) is 9.95. The normalized spacial score (nSPS) is 25.5. The van der Waals surface area contributed by atoms with Gasteiger partial charge in [0.2, 0.25) is 5.91 Å². The van der Waals surface area contributed by atoms with Gasteiger partial charge in [-0.1, -0.05) is 41.5 Å². The molecule has 2 rings (SSSR count). The monoisotopic (exact) mass is 307 g/mol. The third kappa shape index (κ3) is 3.55. The molecular weight excluding hydrogens is 274 g/mol. The highest BCUT2D eigenvalue weighted by Gasteiger charge is 2.46. The van der Waals surface area contributed by atoms with Gasteiger partial charge < -0.3 is 4.90 Å². The molecule has 1 aliphatic carbocycles. The second-order valence-electron chi connectivity index (χ2n) is 9.60. The molecule has 3 nitrogen and oxygen atoms in total. The number of carbonyl (C=O) groups is 2. The Morgan fingerprint density at radius 1 is 0.909 bits per heavy atom. The number of amides is 1. The van der Waals surface area contributed by atoms with Crippen LogP contribution in [0.5, 0.6) is 0 Å². The second-order valence-corrected chi connectivity index (χ2v) is 9.60. The number of hydrogen-bond donors (Lipinski definition) is 0. The number of hydrogen-bond acceptors (Lipinski definition) is 2. The van der Waals surface area contributed by atoms with E-state index >= 15 is 0 Å². The first kappa shape index (κ1) is 17.5. The van der Waals surface area contributed by atoms with Gasteiger partial charge in [0.1, 0.15) is 5.78 Å². The number of ketones is 1. The lowest BCUT2D eigenvalue weighted by Gasteiger charge is -2.41. The lowest BCUT2D eigenvalue weighted by Crippen LogP contribution is -2.46. The van der Waals surface area contributed by atoms with Crippen molar-refractivity contribution in [2.75, 3.05) is 13.1 Å². The van der Waals surface area contributed by atoms with E-state index in [1.54, 1.807) is 0 Å². The molecule has 0 aromatic carbocycles. The van der Waals surface area contributed by atoms with Crippen LogP contribution in [0.3, 0.4) is 0 Å². The van der Waals surface area contributed by atoms with Gasteiger partial charge in [0, 0.05) is 29.8 Å². The fraction of sp³-hybridized carbons (Fsp3) is 0.895. The van der Waals surface area contributed by atoms with Crippen molar-refractivity contribution in [3.63, 3.8) is 0 Å². The van der Waals surface area contributed by atoms with Crippen LogP contribution < -0.4 is 0 Å². The van der Waals surface area contributed by atoms with Crippen LogP contribution in [0, 0.1) is 22.2 Å². The maximum Gasteiger partial charge on any atom is 0.227 e. The molecule has 2 aliphatic rings. The van der Waals surface area contributed by atoms with Crippen LogP contribution in [0.1, 0.15) is 73.6 Å². The van der Waals surface area contributed by atoms with Crippen LogP contribution in [-0.2, 0) is 9.59 Å². The minimum Gasteiger partial charge on any atom is -0.342 e. The summed E-state index contributed by atoms with van der Waals surface area (Å²) in [6.07, 6.45) is 5.40. The Morgan fingerprint density at radius 2 is 1.45 bits per heavy atom. The summed E-state index contributed by atoms with van der Waals surface area (Å²) < 4.78 is 0. The van der Waals surface area contributed by atoms with Crippen molar-refractivity contribution >= 4 is 11.7 Å². The first-order valence-corrected chi connectivity index (χ1v) is 8.78. The maximum atomic E-state index is 12.5. The Balaban J connectivity index is 1.95. The van der Waals surface area contributed by atoms with Crippen molar-refractivity contribution < 1.29 is 9.59 Å². The average Bonchev–Trinajstić information content (AvgIpc) is 2.80. The Hall–Kier alpha value is -0.860. The summed E-state index contributed by atoms with van der Waals surface area (Å²) in [6.45, 7) is 13.8. The molecule has 1 atom stereocenters. The van der Waals surface area contributed by atoms with Crippen LogP contribution in [0.15, 0.2) is 0 Å². The van der Waals surface area contributed by atoms with Crippen molar-refractivity contribution in [1.82, 2.24) is 4.90 Å². The smallest absolute Gasteiger partial charge is 0.227 e. The van der Waals surface area contributed by atoms with Crippen molar-refractivity contribution in [3.8, 4) is 0 Å². The predicted molar refractivity (Wildman–Crippen MR) is 89.5 cm³/mol. The summed E-state index contributed by atoms with van der Waals surface area (Å²) in [5, 5.41) is 0. The van der Waals surface area contributed by atoms with Gasteiger partial charge in [-0.25, -0.2) is 0 Å². The highest BCUT2D eigenvalue weighted by molar-refractivity contribution is 5.86. The molecule has 1 amide bonds. The van der Waals surface area contributed by atoms with E-state index < -0.39 is 0 Å². The Labute approximate surface area is 135 Å². The van der Waals surface area contributed by atoms with E-state index in [9.17, 15) is 9.59 Å². The number of Topliss-reactive ketones (excluding diaryl/α,β-unsaturated/α-hetero) is 1. The Kier molecular flexibility index (Phi) is 4.49. The van der Waals surface area contributed by atoms with E-state index in [4.69, 9.17) is 0 Å². The van der Waals surface area contributed by atoms with Crippen LogP contribution in [-0.4, -0.2) is 29.7 Å². The summed E-state index contributed by atoms with van der Waals surface area (Å²) >= 11 is 0. The van der Waals surface area contributed by atoms with E-state index in [0.717, 1.165) is 45.2 Å². The van der Waals surface area contributed by atoms with E-state index in [-0.39, 0.29) is 22.7 Å². The summed E-state index contributed by atoms with van der Waals surface area (Å²) in [5.41, 5.74) is -0.190. The van der Waals surface area contributed by atoms with Crippen LogP contribution in [0.4, 0.5) is 0 Å². The molecule has 22 heavy (non-hydrogen) atoms. The highest BCUT2D eigenvalue weighted by Crippen LogP contribution is 2.50. The number of carbonyl (C=O) groups excluding carboxylic acids is 2. The molecule has 0 aromatic heterocycles. The topological polar surface area (TPSA) is 37.4 Å². The summed E-state index contributed by atoms with van der Waals surface area (Å²) in [4.78, 5) is 27.0. The fourth-order valence-corrected chi connectivity index (χ4v) is 4.16. The molecule has 126 valence electrons. The summed E-state index contributed by atoms with van der Waals surface area (Å²) in [7, 11) is 0. The minimum absolute atomic E-state index is 0.223. The lowest BCUT2D eigenvalue weighted by atomic mass is 9.74. The number of nitrogens with zero attached hydrogens (tertiary/aromatic N) is 1. The largest absolute Gasteiger partial charge is 0.342 e. The van der Waals surface area contributed by atoms with Gasteiger partial charge in [-0.05, 0) is 37.5 Å². The van der Waals surface area contributed by atoms with E-state index in [0.29, 0.717) is 11.2 Å². The second kappa shape index (κ2) is 5.65. The Bertz CT molecular complexity index is 445. The number of rotatable bonds is 1. The molecule has 1 saturated heterocycles. The van der Waals surface area contributed by atoms with Crippen LogP contribution >= 0.6 is 0 Å². The van der Waals surface area contributed by atoms with Gasteiger partial charge in [0.15, 0.2) is 0 Å². The molecule has 3 heteroatoms. The summed E-state index contributed by atoms with van der Waals surface area (Å²) in [6, 6.07) is 0. The molecule has 1 unspecified atom stereocenters. The quantitative estimate of drug-likeness (QED) is 0.732. The zero-order valence-corrected chi connectivity index (χ0v) is 15.3. The molecule has 0 aromatic rings. The number of likely N-dealkylation sites (tertiary alicyclic amines) is 1. The zero-order chi connectivity index (χ0) is 16.8. The molecular formula is C19H33NO2. The first-order valence-electron chi connectivity index (χ1n) is 8.78. The molecule has 1 aliphatic heterocycles. The summed E-state index contributed by atoms with van der Waals surface area (Å²) in [5.74, 6) is 0.935. The van der Waals surface area contributed by atoms with Crippen LogP contribution in [0.25, 0.3) is 0 Å². The molecule has 2 fully saturated rings. The molecule has 1 heterocycles. The highest BCUT2D eigenvalue weighted by atomic mass is 16.2. The lowest BCUT2D eigenvalue weighted by molar-refractivity contribution is -0.142. The number of piperidine rings is 1. The maximum absolute atomic E-state index is 12.5. The molecule has 0 bridgehead atoms. The average molecular weight is 307 g/mol. The van der Waals surface area contributed by atoms with Gasteiger partial charge >= 0.3 is 0 Å². The zero-order valence-electron chi connectivity index (χ0n) is 15.3. The third-order valence-corrected chi connectivity index (χ3v) is 5.57. The SMILES string of the molecule is CC(C)(C)C(=O)C1CCC2(CCN(C(=O)C(C)(C)C)CC2)C1. The van der Waals surface area contributed by atoms with Gasteiger partial charge in [0.25, 0.3) is 0 Å². The van der Waals surface area contributed by atoms with Crippen LogP contribution in [0.2, 0.25) is 0 Å². The van der Waals surface area contributed by atoms with Crippen molar-refractivity contribution in [2.45, 2.75) is 73.6 Å². The molecule has 1 spiro atoms. The van der Waals surface area contributed by atoms with E-state index in [1.807, 2.05) is 46.4 Å². The Morgan fingerprint density at radius 3 is 1.91 bits per heavy atom. The minimum atomic E-state index is -0.287.